The van der Waals surface area contributed by atoms with Gasteiger partial charge in [-0.2, -0.15) is 5.10 Å². The van der Waals surface area contributed by atoms with Gasteiger partial charge < -0.3 is 5.32 Å². The van der Waals surface area contributed by atoms with Crippen LogP contribution in [0.2, 0.25) is 0 Å². The maximum atomic E-state index is 13.2. The van der Waals surface area contributed by atoms with Crippen LogP contribution in [0.25, 0.3) is 22.2 Å². The summed E-state index contributed by atoms with van der Waals surface area (Å²) < 4.78 is 1.92. The average Bonchev–Trinajstić information content (AvgIpc) is 3.34. The Morgan fingerprint density at radius 2 is 1.36 bits per heavy atom. The number of hydrogen-bond donors (Lipinski definition) is 1. The molecule has 5 nitrogen and oxygen atoms in total. The standard InChI is InChI=1S/C34H52N4O/c1-4-6-7-8-9-10-11-12-13-14-15-16-17-18-19-22-25-35-34(39)30-26-33(31-27-38(5-2)37-28(31)3)36-32-24-21-20-23-29(30)32/h20-21,23-24,26-27H,4-19,22,25H2,1-3H3,(H,35,39). The molecule has 0 spiro atoms. The number of pyridine rings is 1. The summed E-state index contributed by atoms with van der Waals surface area (Å²) in [5, 5.41) is 8.62. The van der Waals surface area contributed by atoms with E-state index < -0.39 is 0 Å². The first kappa shape index (κ1) is 30.8. The van der Waals surface area contributed by atoms with Gasteiger partial charge in [-0.15, -0.1) is 0 Å². The number of amides is 1. The summed E-state index contributed by atoms with van der Waals surface area (Å²) in [6.45, 7) is 7.88. The fourth-order valence-corrected chi connectivity index (χ4v) is 5.40. The number of nitrogens with zero attached hydrogens (tertiary/aromatic N) is 3. The lowest BCUT2D eigenvalue weighted by molar-refractivity contribution is 0.0954. The minimum Gasteiger partial charge on any atom is -0.352 e. The van der Waals surface area contributed by atoms with E-state index in [2.05, 4.69) is 24.3 Å². The van der Waals surface area contributed by atoms with Gasteiger partial charge in [-0.1, -0.05) is 121 Å². The zero-order valence-corrected chi connectivity index (χ0v) is 24.9. The summed E-state index contributed by atoms with van der Waals surface area (Å²) in [4.78, 5) is 18.0. The van der Waals surface area contributed by atoms with Crippen LogP contribution >= 0.6 is 0 Å². The molecule has 0 saturated carbocycles. The highest BCUT2D eigenvalue weighted by Crippen LogP contribution is 2.27. The molecule has 0 fully saturated rings. The fraction of sp³-hybridized carbons (Fsp3) is 0.618. The topological polar surface area (TPSA) is 59.8 Å². The molecule has 3 rings (SSSR count). The molecule has 0 atom stereocenters. The number of unbranched alkanes of at least 4 members (excludes halogenated alkanes) is 15. The highest BCUT2D eigenvalue weighted by Gasteiger charge is 2.16. The van der Waals surface area contributed by atoms with Gasteiger partial charge in [-0.25, -0.2) is 4.98 Å². The van der Waals surface area contributed by atoms with Crippen LogP contribution in [0.15, 0.2) is 36.5 Å². The lowest BCUT2D eigenvalue weighted by Crippen LogP contribution is -2.24. The SMILES string of the molecule is CCCCCCCCCCCCCCCCCCNC(=O)c1cc(-c2cn(CC)nc2C)nc2ccccc12. The van der Waals surface area contributed by atoms with Crippen molar-refractivity contribution in [3.8, 4) is 11.3 Å². The maximum absolute atomic E-state index is 13.2. The van der Waals surface area contributed by atoms with Gasteiger partial charge in [0.25, 0.3) is 5.91 Å². The Labute approximate surface area is 237 Å². The van der Waals surface area contributed by atoms with Crippen LogP contribution < -0.4 is 5.32 Å². The number of aromatic nitrogens is 3. The molecule has 0 unspecified atom stereocenters. The van der Waals surface area contributed by atoms with Crippen molar-refractivity contribution in [3.63, 3.8) is 0 Å². The quantitative estimate of drug-likeness (QED) is 0.147. The zero-order chi connectivity index (χ0) is 27.7. The van der Waals surface area contributed by atoms with E-state index in [1.54, 1.807) is 0 Å². The average molecular weight is 533 g/mol. The number of fused-ring (bicyclic) bond motifs is 1. The summed E-state index contributed by atoms with van der Waals surface area (Å²) in [6.07, 6.45) is 23.7. The van der Waals surface area contributed by atoms with Gasteiger partial charge >= 0.3 is 0 Å². The van der Waals surface area contributed by atoms with Crippen LogP contribution in [-0.4, -0.2) is 27.2 Å². The minimum absolute atomic E-state index is 0.0173. The van der Waals surface area contributed by atoms with Gasteiger partial charge in [0.2, 0.25) is 0 Å². The summed E-state index contributed by atoms with van der Waals surface area (Å²) in [5.41, 5.74) is 4.24. The number of aryl methyl sites for hydroxylation is 2. The van der Waals surface area contributed by atoms with E-state index in [9.17, 15) is 4.79 Å². The fourth-order valence-electron chi connectivity index (χ4n) is 5.40. The molecule has 214 valence electrons. The van der Waals surface area contributed by atoms with Crippen molar-refractivity contribution in [2.24, 2.45) is 0 Å². The Balaban J connectivity index is 1.32. The summed E-state index contributed by atoms with van der Waals surface area (Å²) in [7, 11) is 0. The minimum atomic E-state index is -0.0173. The highest BCUT2D eigenvalue weighted by atomic mass is 16.1. The lowest BCUT2D eigenvalue weighted by atomic mass is 10.0. The molecule has 2 aromatic heterocycles. The van der Waals surface area contributed by atoms with E-state index in [1.165, 1.54) is 96.3 Å². The third-order valence-corrected chi connectivity index (χ3v) is 7.82. The molecule has 0 aliphatic carbocycles. The van der Waals surface area contributed by atoms with Gasteiger partial charge in [0.05, 0.1) is 22.5 Å². The molecule has 2 heterocycles. The first-order valence-electron chi connectivity index (χ1n) is 15.9. The van der Waals surface area contributed by atoms with Crippen LogP contribution in [-0.2, 0) is 6.54 Å². The van der Waals surface area contributed by atoms with E-state index in [4.69, 9.17) is 4.98 Å². The molecule has 0 aliphatic rings. The zero-order valence-electron chi connectivity index (χ0n) is 24.9. The Hall–Kier alpha value is -2.69. The molecule has 0 saturated heterocycles. The molecule has 1 N–H and O–H groups in total. The van der Waals surface area contributed by atoms with Crippen molar-refractivity contribution >= 4 is 16.8 Å². The van der Waals surface area contributed by atoms with Crippen molar-refractivity contribution in [1.29, 1.82) is 0 Å². The smallest absolute Gasteiger partial charge is 0.252 e. The van der Waals surface area contributed by atoms with Crippen LogP contribution in [0.1, 0.15) is 133 Å². The van der Waals surface area contributed by atoms with Gasteiger partial charge in [0, 0.05) is 30.2 Å². The van der Waals surface area contributed by atoms with E-state index in [1.807, 2.05) is 48.1 Å². The van der Waals surface area contributed by atoms with Crippen molar-refractivity contribution in [2.45, 2.75) is 130 Å². The van der Waals surface area contributed by atoms with E-state index in [-0.39, 0.29) is 5.91 Å². The van der Waals surface area contributed by atoms with Crippen molar-refractivity contribution in [3.05, 3.63) is 47.8 Å². The van der Waals surface area contributed by atoms with Crippen LogP contribution in [0.3, 0.4) is 0 Å². The first-order valence-corrected chi connectivity index (χ1v) is 15.9. The molecule has 5 heteroatoms. The number of rotatable bonds is 20. The van der Waals surface area contributed by atoms with Gasteiger partial charge in [-0.05, 0) is 32.4 Å². The lowest BCUT2D eigenvalue weighted by Gasteiger charge is -2.10. The number of para-hydroxylation sites is 1. The van der Waals surface area contributed by atoms with E-state index in [0.717, 1.165) is 47.4 Å². The molecule has 39 heavy (non-hydrogen) atoms. The Morgan fingerprint density at radius 1 is 0.795 bits per heavy atom. The summed E-state index contributed by atoms with van der Waals surface area (Å²) >= 11 is 0. The molecular formula is C34H52N4O. The van der Waals surface area contributed by atoms with Crippen molar-refractivity contribution in [2.75, 3.05) is 6.54 Å². The van der Waals surface area contributed by atoms with Gasteiger partial charge in [0.15, 0.2) is 0 Å². The molecule has 0 bridgehead atoms. The molecule has 1 amide bonds. The Morgan fingerprint density at radius 3 is 1.92 bits per heavy atom. The van der Waals surface area contributed by atoms with E-state index in [0.29, 0.717) is 5.56 Å². The second-order valence-corrected chi connectivity index (χ2v) is 11.1. The highest BCUT2D eigenvalue weighted by molar-refractivity contribution is 6.07. The number of benzene rings is 1. The molecule has 1 aromatic carbocycles. The summed E-state index contributed by atoms with van der Waals surface area (Å²) in [5.74, 6) is -0.0173. The normalized spacial score (nSPS) is 11.4. The monoisotopic (exact) mass is 532 g/mol. The van der Waals surface area contributed by atoms with Crippen molar-refractivity contribution in [1.82, 2.24) is 20.1 Å². The first-order chi connectivity index (χ1) is 19.1. The van der Waals surface area contributed by atoms with Gasteiger partial charge in [0.1, 0.15) is 0 Å². The third-order valence-electron chi connectivity index (χ3n) is 7.82. The Bertz CT molecular complexity index is 1120. The molecule has 0 radical (unpaired) electrons. The van der Waals surface area contributed by atoms with Crippen LogP contribution in [0.5, 0.6) is 0 Å². The number of hydrogen-bond acceptors (Lipinski definition) is 3. The Kier molecular flexibility index (Phi) is 14.1. The van der Waals surface area contributed by atoms with Crippen molar-refractivity contribution < 1.29 is 4.79 Å². The van der Waals surface area contributed by atoms with Crippen LogP contribution in [0, 0.1) is 6.92 Å². The molecule has 3 aromatic rings. The number of carbonyl (C=O) groups excluding carboxylic acids is 1. The number of nitrogens with one attached hydrogen (secondary N) is 1. The summed E-state index contributed by atoms with van der Waals surface area (Å²) in [6, 6.07) is 9.83. The van der Waals surface area contributed by atoms with E-state index >= 15 is 0 Å². The molecule has 0 aliphatic heterocycles. The second-order valence-electron chi connectivity index (χ2n) is 11.1. The van der Waals surface area contributed by atoms with Crippen LogP contribution in [0.4, 0.5) is 0 Å². The van der Waals surface area contributed by atoms with Gasteiger partial charge in [-0.3, -0.25) is 9.48 Å². The molecular weight excluding hydrogens is 480 g/mol. The number of carbonyl (C=O) groups is 1. The third kappa shape index (κ3) is 10.4. The maximum Gasteiger partial charge on any atom is 0.252 e. The largest absolute Gasteiger partial charge is 0.352 e. The second kappa shape index (κ2) is 17.8. The predicted octanol–water partition coefficient (Wildman–Crippen LogP) is 9.42. The predicted molar refractivity (Wildman–Crippen MR) is 165 cm³/mol.